The summed E-state index contributed by atoms with van der Waals surface area (Å²) >= 11 is 0. The smallest absolute Gasteiger partial charge is 0.449 e. The summed E-state index contributed by atoms with van der Waals surface area (Å²) in [4.78, 5) is 8.56. The van der Waals surface area contributed by atoms with Gasteiger partial charge in [-0.1, -0.05) is 24.3 Å². The number of likely N-dealkylation sites (tertiary alicyclic amines) is 1. The number of aromatic amines is 1. The number of hydrogen-bond acceptors (Lipinski definition) is 5. The van der Waals surface area contributed by atoms with E-state index in [1.165, 1.54) is 0 Å². The Morgan fingerprint density at radius 3 is 2.81 bits per heavy atom. The number of benzene rings is 2. The van der Waals surface area contributed by atoms with Gasteiger partial charge in [0, 0.05) is 25.8 Å². The standard InChI is InChI=1S/C22H23F3N4O2/c1-30-13-9-10-29(11-13)17-12-31-18-8-3-2-5-14(18)19(17)26-15-6-4-7-16-20(15)28-21(27-16)22(23,24)25/h2-8,13,17,19,26H,9-12H2,1H3,(H,27,28)/t13-,17-,19-/m0/s1. The van der Waals surface area contributed by atoms with Gasteiger partial charge in [-0.3, -0.25) is 4.90 Å². The molecule has 1 fully saturated rings. The first-order chi connectivity index (χ1) is 14.9. The molecule has 3 heterocycles. The van der Waals surface area contributed by atoms with E-state index < -0.39 is 12.0 Å². The fraction of sp³-hybridized carbons (Fsp3) is 0.409. The SMILES string of the molecule is CO[C@H]1CCN([C@H]2COc3ccccc3[C@@H]2Nc2cccc3[nH]c(C(F)(F)F)nc23)C1. The molecule has 5 rings (SSSR count). The van der Waals surface area contributed by atoms with Crippen LogP contribution < -0.4 is 10.1 Å². The van der Waals surface area contributed by atoms with E-state index in [0.29, 0.717) is 17.8 Å². The number of alkyl halides is 3. The molecule has 2 aromatic carbocycles. The third-order valence-electron chi connectivity index (χ3n) is 6.12. The van der Waals surface area contributed by atoms with Crippen LogP contribution in [0.5, 0.6) is 5.75 Å². The average molecular weight is 432 g/mol. The zero-order valence-corrected chi connectivity index (χ0v) is 16.9. The highest BCUT2D eigenvalue weighted by Gasteiger charge is 2.39. The molecule has 6 nitrogen and oxygen atoms in total. The summed E-state index contributed by atoms with van der Waals surface area (Å²) in [5.74, 6) is -0.216. The molecule has 0 saturated carbocycles. The number of halogens is 3. The van der Waals surface area contributed by atoms with Crippen molar-refractivity contribution in [2.24, 2.45) is 0 Å². The average Bonchev–Trinajstić information content (AvgIpc) is 3.41. The molecule has 31 heavy (non-hydrogen) atoms. The van der Waals surface area contributed by atoms with Crippen LogP contribution in [0.2, 0.25) is 0 Å². The highest BCUT2D eigenvalue weighted by atomic mass is 19.4. The van der Waals surface area contributed by atoms with E-state index in [4.69, 9.17) is 9.47 Å². The molecule has 3 aromatic rings. The van der Waals surface area contributed by atoms with Crippen molar-refractivity contribution in [1.29, 1.82) is 0 Å². The first-order valence-corrected chi connectivity index (χ1v) is 10.2. The molecule has 0 bridgehead atoms. The van der Waals surface area contributed by atoms with Crippen molar-refractivity contribution < 1.29 is 22.6 Å². The predicted octanol–water partition coefficient (Wildman–Crippen LogP) is 4.22. The molecule has 0 unspecified atom stereocenters. The lowest BCUT2D eigenvalue weighted by Crippen LogP contribution is -2.47. The summed E-state index contributed by atoms with van der Waals surface area (Å²) in [6.45, 7) is 2.14. The number of H-pyrrole nitrogens is 1. The topological polar surface area (TPSA) is 62.4 Å². The maximum Gasteiger partial charge on any atom is 0.449 e. The zero-order valence-electron chi connectivity index (χ0n) is 16.9. The van der Waals surface area contributed by atoms with Gasteiger partial charge in [0.05, 0.1) is 29.4 Å². The monoisotopic (exact) mass is 432 g/mol. The Morgan fingerprint density at radius 1 is 1.19 bits per heavy atom. The molecule has 0 spiro atoms. The van der Waals surface area contributed by atoms with Crippen molar-refractivity contribution in [3.8, 4) is 5.75 Å². The number of aromatic nitrogens is 2. The molecule has 2 N–H and O–H groups in total. The van der Waals surface area contributed by atoms with Gasteiger partial charge >= 0.3 is 6.18 Å². The lowest BCUT2D eigenvalue weighted by Gasteiger charge is -2.39. The van der Waals surface area contributed by atoms with Crippen molar-refractivity contribution in [1.82, 2.24) is 14.9 Å². The Hall–Kier alpha value is -2.78. The minimum Gasteiger partial charge on any atom is -0.491 e. The third-order valence-corrected chi connectivity index (χ3v) is 6.12. The molecule has 0 aliphatic carbocycles. The van der Waals surface area contributed by atoms with E-state index in [1.54, 1.807) is 25.3 Å². The van der Waals surface area contributed by atoms with E-state index in [0.717, 1.165) is 30.8 Å². The van der Waals surface area contributed by atoms with Crippen molar-refractivity contribution >= 4 is 16.7 Å². The summed E-state index contributed by atoms with van der Waals surface area (Å²) in [5, 5.41) is 3.49. The number of fused-ring (bicyclic) bond motifs is 2. The fourth-order valence-electron chi connectivity index (χ4n) is 4.54. The van der Waals surface area contributed by atoms with Crippen LogP contribution in [0.1, 0.15) is 23.9 Å². The Labute approximate surface area is 177 Å². The van der Waals surface area contributed by atoms with Crippen molar-refractivity contribution in [2.45, 2.75) is 30.8 Å². The number of methoxy groups -OCH3 is 1. The number of ether oxygens (including phenoxy) is 2. The highest BCUT2D eigenvalue weighted by molar-refractivity contribution is 5.88. The van der Waals surface area contributed by atoms with Crippen molar-refractivity contribution in [3.63, 3.8) is 0 Å². The quantitative estimate of drug-likeness (QED) is 0.647. The van der Waals surface area contributed by atoms with Crippen molar-refractivity contribution in [3.05, 3.63) is 53.9 Å². The minimum absolute atomic E-state index is 0.00587. The van der Waals surface area contributed by atoms with Gasteiger partial charge in [-0.2, -0.15) is 13.2 Å². The number of para-hydroxylation sites is 2. The number of rotatable bonds is 4. The Morgan fingerprint density at radius 2 is 2.03 bits per heavy atom. The Balaban J connectivity index is 1.52. The van der Waals surface area contributed by atoms with Crippen molar-refractivity contribution in [2.75, 3.05) is 32.1 Å². The second kappa shape index (κ2) is 7.72. The molecule has 2 aliphatic rings. The Bertz CT molecular complexity index is 1080. The Kier molecular flexibility index (Phi) is 5.02. The first-order valence-electron chi connectivity index (χ1n) is 10.2. The number of imidazole rings is 1. The van der Waals surface area contributed by atoms with Crippen LogP contribution >= 0.6 is 0 Å². The summed E-state index contributed by atoms with van der Waals surface area (Å²) in [7, 11) is 1.72. The molecule has 164 valence electrons. The molecular weight excluding hydrogens is 409 g/mol. The molecule has 2 aliphatic heterocycles. The first kappa shape index (κ1) is 20.1. The predicted molar refractivity (Wildman–Crippen MR) is 110 cm³/mol. The minimum atomic E-state index is -4.53. The molecule has 0 radical (unpaired) electrons. The summed E-state index contributed by atoms with van der Waals surface area (Å²) in [6, 6.07) is 12.7. The van der Waals surface area contributed by atoms with Crippen LogP contribution in [0, 0.1) is 0 Å². The summed E-state index contributed by atoms with van der Waals surface area (Å²) in [6.07, 6.45) is -3.43. The normalized spacial score (nSPS) is 24.2. The third kappa shape index (κ3) is 3.72. The molecule has 0 amide bonds. The summed E-state index contributed by atoms with van der Waals surface area (Å²) < 4.78 is 51.2. The van der Waals surface area contributed by atoms with Gasteiger partial charge in [0.15, 0.2) is 0 Å². The largest absolute Gasteiger partial charge is 0.491 e. The van der Waals surface area contributed by atoms with Gasteiger partial charge in [-0.15, -0.1) is 0 Å². The fourth-order valence-corrected chi connectivity index (χ4v) is 4.54. The second-order valence-electron chi connectivity index (χ2n) is 7.96. The number of nitrogens with one attached hydrogen (secondary N) is 2. The molecule has 1 aromatic heterocycles. The van der Waals surface area contributed by atoms with Gasteiger partial charge in [0.2, 0.25) is 5.82 Å². The molecule has 1 saturated heterocycles. The number of nitrogens with zero attached hydrogens (tertiary/aromatic N) is 2. The van der Waals surface area contributed by atoms with Gasteiger partial charge < -0.3 is 19.8 Å². The van der Waals surface area contributed by atoms with Gasteiger partial charge in [0.25, 0.3) is 0 Å². The van der Waals surface area contributed by atoms with Crippen LogP contribution in [-0.4, -0.2) is 53.8 Å². The molecule has 3 atom stereocenters. The van der Waals surface area contributed by atoms with Gasteiger partial charge in [-0.25, -0.2) is 4.98 Å². The van der Waals surface area contributed by atoms with E-state index in [-0.39, 0.29) is 23.7 Å². The van der Waals surface area contributed by atoms with Crippen LogP contribution in [0.3, 0.4) is 0 Å². The number of hydrogen-bond donors (Lipinski definition) is 2. The van der Waals surface area contributed by atoms with Crippen LogP contribution in [0.4, 0.5) is 18.9 Å². The number of anilines is 1. The van der Waals surface area contributed by atoms with E-state index >= 15 is 0 Å². The van der Waals surface area contributed by atoms with Crippen LogP contribution in [0.15, 0.2) is 42.5 Å². The second-order valence-corrected chi connectivity index (χ2v) is 7.96. The lowest BCUT2D eigenvalue weighted by atomic mass is 9.94. The maximum atomic E-state index is 13.2. The van der Waals surface area contributed by atoms with Gasteiger partial charge in [0.1, 0.15) is 17.9 Å². The molecular formula is C22H23F3N4O2. The highest BCUT2D eigenvalue weighted by Crippen LogP contribution is 2.39. The lowest BCUT2D eigenvalue weighted by molar-refractivity contribution is -0.144. The molecule has 9 heteroatoms. The van der Waals surface area contributed by atoms with Gasteiger partial charge in [-0.05, 0) is 24.6 Å². The zero-order chi connectivity index (χ0) is 21.6. The van der Waals surface area contributed by atoms with E-state index in [1.807, 2.05) is 24.3 Å². The van der Waals surface area contributed by atoms with Crippen LogP contribution in [0.25, 0.3) is 11.0 Å². The summed E-state index contributed by atoms with van der Waals surface area (Å²) in [5.41, 5.74) is 2.14. The van der Waals surface area contributed by atoms with E-state index in [2.05, 4.69) is 20.2 Å². The maximum absolute atomic E-state index is 13.2. The van der Waals surface area contributed by atoms with Crippen LogP contribution in [-0.2, 0) is 10.9 Å². The van der Waals surface area contributed by atoms with E-state index in [9.17, 15) is 13.2 Å².